The normalized spacial score (nSPS) is 16.6. The van der Waals surface area contributed by atoms with E-state index in [0.717, 1.165) is 12.0 Å². The number of nitrogens with zero attached hydrogens (tertiary/aromatic N) is 2. The summed E-state index contributed by atoms with van der Waals surface area (Å²) in [5.74, 6) is 0.546. The van der Waals surface area contributed by atoms with E-state index in [4.69, 9.17) is 23.2 Å². The van der Waals surface area contributed by atoms with Gasteiger partial charge >= 0.3 is 0 Å². The zero-order valence-corrected chi connectivity index (χ0v) is 18.6. The van der Waals surface area contributed by atoms with E-state index in [1.54, 1.807) is 22.5 Å². The van der Waals surface area contributed by atoms with Crippen LogP contribution < -0.4 is 0 Å². The maximum absolute atomic E-state index is 12.9. The topological polar surface area (TPSA) is 40.6 Å². The summed E-state index contributed by atoms with van der Waals surface area (Å²) in [6, 6.07) is 12.8. The van der Waals surface area contributed by atoms with Crippen molar-refractivity contribution in [1.29, 1.82) is 0 Å². The molecule has 1 aliphatic heterocycles. The molecule has 1 heterocycles. The lowest BCUT2D eigenvalue weighted by atomic mass is 10.0. The molecule has 28 heavy (non-hydrogen) atoms. The number of halogens is 2. The van der Waals surface area contributed by atoms with Crippen molar-refractivity contribution >= 4 is 33.2 Å². The van der Waals surface area contributed by atoms with E-state index in [9.17, 15) is 8.42 Å². The maximum atomic E-state index is 12.9. The van der Waals surface area contributed by atoms with Gasteiger partial charge in [-0.15, -0.1) is 0 Å². The third-order valence-electron chi connectivity index (χ3n) is 4.95. The first-order valence-electron chi connectivity index (χ1n) is 9.51. The highest BCUT2D eigenvalue weighted by Crippen LogP contribution is 2.24. The SMILES string of the molecule is CC(C)Cc1ccc(S(=O)(=O)N2CCN(Cc3ccc(Cl)cc3Cl)CC2)cc1. The highest BCUT2D eigenvalue weighted by atomic mass is 35.5. The zero-order chi connectivity index (χ0) is 20.3. The Hall–Kier alpha value is -1.11. The first kappa shape index (κ1) is 21.6. The van der Waals surface area contributed by atoms with E-state index in [-0.39, 0.29) is 0 Å². The van der Waals surface area contributed by atoms with Crippen LogP contribution in [-0.4, -0.2) is 43.8 Å². The molecule has 0 unspecified atom stereocenters. The van der Waals surface area contributed by atoms with Gasteiger partial charge in [0.2, 0.25) is 10.0 Å². The van der Waals surface area contributed by atoms with Gasteiger partial charge in [-0.3, -0.25) is 4.90 Å². The second-order valence-corrected chi connectivity index (χ2v) is 10.4. The molecule has 0 aliphatic carbocycles. The number of piperazine rings is 1. The molecule has 0 amide bonds. The smallest absolute Gasteiger partial charge is 0.243 e. The first-order chi connectivity index (χ1) is 13.3. The molecular formula is C21H26Cl2N2O2S. The van der Waals surface area contributed by atoms with Crippen molar-refractivity contribution in [2.75, 3.05) is 26.2 Å². The predicted molar refractivity (Wildman–Crippen MR) is 115 cm³/mol. The molecular weight excluding hydrogens is 415 g/mol. The molecule has 4 nitrogen and oxygen atoms in total. The van der Waals surface area contributed by atoms with Crippen LogP contribution in [0, 0.1) is 5.92 Å². The molecule has 0 bridgehead atoms. The number of rotatable bonds is 6. The summed E-state index contributed by atoms with van der Waals surface area (Å²) in [6.45, 7) is 7.28. The molecule has 7 heteroatoms. The Morgan fingerprint density at radius 2 is 1.61 bits per heavy atom. The first-order valence-corrected chi connectivity index (χ1v) is 11.7. The Kier molecular flexibility index (Phi) is 7.05. The summed E-state index contributed by atoms with van der Waals surface area (Å²) in [5, 5.41) is 1.26. The van der Waals surface area contributed by atoms with Gasteiger partial charge in [-0.05, 0) is 47.7 Å². The average Bonchev–Trinajstić information content (AvgIpc) is 2.64. The van der Waals surface area contributed by atoms with Crippen molar-refractivity contribution in [3.8, 4) is 0 Å². The lowest BCUT2D eigenvalue weighted by molar-refractivity contribution is 0.181. The van der Waals surface area contributed by atoms with E-state index in [1.807, 2.05) is 24.3 Å². The van der Waals surface area contributed by atoms with Crippen LogP contribution >= 0.6 is 23.2 Å². The van der Waals surface area contributed by atoms with E-state index >= 15 is 0 Å². The number of hydrogen-bond acceptors (Lipinski definition) is 3. The minimum Gasteiger partial charge on any atom is -0.296 e. The van der Waals surface area contributed by atoms with Crippen LogP contribution in [0.15, 0.2) is 47.4 Å². The summed E-state index contributed by atoms with van der Waals surface area (Å²) < 4.78 is 27.5. The van der Waals surface area contributed by atoms with Crippen molar-refractivity contribution in [2.24, 2.45) is 5.92 Å². The van der Waals surface area contributed by atoms with Gasteiger partial charge in [-0.2, -0.15) is 4.31 Å². The van der Waals surface area contributed by atoms with Gasteiger partial charge in [-0.25, -0.2) is 8.42 Å². The summed E-state index contributed by atoms with van der Waals surface area (Å²) in [7, 11) is -3.45. The quantitative estimate of drug-likeness (QED) is 0.653. The minimum atomic E-state index is -3.45. The van der Waals surface area contributed by atoms with E-state index < -0.39 is 10.0 Å². The Labute approximate surface area is 178 Å². The molecule has 0 aromatic heterocycles. The fraction of sp³-hybridized carbons (Fsp3) is 0.429. The lowest BCUT2D eigenvalue weighted by Gasteiger charge is -2.34. The largest absolute Gasteiger partial charge is 0.296 e. The van der Waals surface area contributed by atoms with E-state index in [0.29, 0.717) is 53.6 Å². The summed E-state index contributed by atoms with van der Waals surface area (Å²) >= 11 is 12.2. The Morgan fingerprint density at radius 1 is 0.964 bits per heavy atom. The van der Waals surface area contributed by atoms with Crippen molar-refractivity contribution in [3.05, 3.63) is 63.6 Å². The van der Waals surface area contributed by atoms with Gasteiger partial charge in [0.1, 0.15) is 0 Å². The van der Waals surface area contributed by atoms with Crippen LogP contribution in [0.25, 0.3) is 0 Å². The Morgan fingerprint density at radius 3 is 2.18 bits per heavy atom. The molecule has 0 atom stereocenters. The number of sulfonamides is 1. The molecule has 3 rings (SSSR count). The van der Waals surface area contributed by atoms with Crippen LogP contribution in [0.3, 0.4) is 0 Å². The van der Waals surface area contributed by atoms with Crippen LogP contribution in [0.4, 0.5) is 0 Å². The van der Waals surface area contributed by atoms with Gasteiger partial charge in [0.25, 0.3) is 0 Å². The summed E-state index contributed by atoms with van der Waals surface area (Å²) in [4.78, 5) is 2.58. The van der Waals surface area contributed by atoms with Gasteiger partial charge < -0.3 is 0 Å². The average molecular weight is 441 g/mol. The van der Waals surface area contributed by atoms with E-state index in [2.05, 4.69) is 18.7 Å². The second-order valence-electron chi connectivity index (χ2n) is 7.66. The third-order valence-corrected chi connectivity index (χ3v) is 7.45. The molecule has 2 aromatic rings. The molecule has 0 saturated carbocycles. The maximum Gasteiger partial charge on any atom is 0.243 e. The van der Waals surface area contributed by atoms with Gasteiger partial charge in [0.15, 0.2) is 0 Å². The van der Waals surface area contributed by atoms with Crippen molar-refractivity contribution in [2.45, 2.75) is 31.7 Å². The van der Waals surface area contributed by atoms with Crippen molar-refractivity contribution in [1.82, 2.24) is 9.21 Å². The molecule has 1 aliphatic rings. The van der Waals surface area contributed by atoms with Crippen LogP contribution in [-0.2, 0) is 23.0 Å². The van der Waals surface area contributed by atoms with Crippen LogP contribution in [0.2, 0.25) is 10.0 Å². The van der Waals surface area contributed by atoms with E-state index in [1.165, 1.54) is 5.56 Å². The van der Waals surface area contributed by atoms with Gasteiger partial charge in [-0.1, -0.05) is 55.2 Å². The van der Waals surface area contributed by atoms with Crippen LogP contribution in [0.5, 0.6) is 0 Å². The number of hydrogen-bond donors (Lipinski definition) is 0. The van der Waals surface area contributed by atoms with Crippen molar-refractivity contribution in [3.63, 3.8) is 0 Å². The summed E-state index contributed by atoms with van der Waals surface area (Å²) in [5.41, 5.74) is 2.17. The van der Waals surface area contributed by atoms with Gasteiger partial charge in [0, 0.05) is 42.8 Å². The standard InChI is InChI=1S/C21H26Cl2N2O2S/c1-16(2)13-17-3-7-20(8-4-17)28(26,27)25-11-9-24(10-12-25)15-18-5-6-19(22)14-21(18)23/h3-8,14,16H,9-13,15H2,1-2H3. The zero-order valence-electron chi connectivity index (χ0n) is 16.2. The van der Waals surface area contributed by atoms with Crippen molar-refractivity contribution < 1.29 is 8.42 Å². The molecule has 0 N–H and O–H groups in total. The van der Waals surface area contributed by atoms with Crippen LogP contribution in [0.1, 0.15) is 25.0 Å². The Balaban J connectivity index is 1.61. The highest BCUT2D eigenvalue weighted by Gasteiger charge is 2.28. The Bertz CT molecular complexity index is 907. The predicted octanol–water partition coefficient (Wildman–Crippen LogP) is 4.70. The fourth-order valence-corrected chi connectivity index (χ4v) is 5.33. The monoisotopic (exact) mass is 440 g/mol. The minimum absolute atomic E-state index is 0.370. The second kappa shape index (κ2) is 9.14. The summed E-state index contributed by atoms with van der Waals surface area (Å²) in [6.07, 6.45) is 0.951. The lowest BCUT2D eigenvalue weighted by Crippen LogP contribution is -2.48. The van der Waals surface area contributed by atoms with Gasteiger partial charge in [0.05, 0.1) is 4.90 Å². The molecule has 0 radical (unpaired) electrons. The molecule has 0 spiro atoms. The molecule has 152 valence electrons. The number of benzene rings is 2. The molecule has 1 saturated heterocycles. The third kappa shape index (κ3) is 5.28. The highest BCUT2D eigenvalue weighted by molar-refractivity contribution is 7.89. The fourth-order valence-electron chi connectivity index (χ4n) is 3.44. The molecule has 1 fully saturated rings. The molecule has 2 aromatic carbocycles.